The second kappa shape index (κ2) is 3.10. The quantitative estimate of drug-likeness (QED) is 0.703. The molecule has 1 atom stereocenters. The maximum absolute atomic E-state index is 14.3. The van der Waals surface area contributed by atoms with Crippen molar-refractivity contribution in [1.29, 1.82) is 0 Å². The molecule has 4 heteroatoms. The highest BCUT2D eigenvalue weighted by atomic mass is 19.1. The Bertz CT molecular complexity index is 289. The van der Waals surface area contributed by atoms with Gasteiger partial charge in [0.15, 0.2) is 5.67 Å². The van der Waals surface area contributed by atoms with Crippen LogP contribution in [0.1, 0.15) is 18.5 Å². The molecule has 1 saturated heterocycles. The van der Waals surface area contributed by atoms with Crippen molar-refractivity contribution in [1.82, 2.24) is 15.1 Å². The van der Waals surface area contributed by atoms with E-state index in [1.54, 1.807) is 24.0 Å². The van der Waals surface area contributed by atoms with Crippen LogP contribution in [0.15, 0.2) is 12.3 Å². The standard InChI is InChI=1S/C9H14FN3/c1-13-8(3-6-12-13)9(10)4-2-5-11-7-9/h3,6,11H,2,4-5,7H2,1H3. The molecule has 0 aliphatic carbocycles. The minimum atomic E-state index is -1.22. The van der Waals surface area contributed by atoms with E-state index in [9.17, 15) is 4.39 Å². The number of hydrogen-bond acceptors (Lipinski definition) is 2. The lowest BCUT2D eigenvalue weighted by Crippen LogP contribution is -2.41. The van der Waals surface area contributed by atoms with Gasteiger partial charge in [0.2, 0.25) is 0 Å². The third-order valence-corrected chi connectivity index (χ3v) is 2.61. The van der Waals surface area contributed by atoms with Crippen LogP contribution in [0.4, 0.5) is 4.39 Å². The van der Waals surface area contributed by atoms with Gasteiger partial charge in [-0.3, -0.25) is 4.68 Å². The largest absolute Gasteiger partial charge is 0.313 e. The fraction of sp³-hybridized carbons (Fsp3) is 0.667. The summed E-state index contributed by atoms with van der Waals surface area (Å²) in [7, 11) is 1.78. The van der Waals surface area contributed by atoms with E-state index in [-0.39, 0.29) is 0 Å². The minimum Gasteiger partial charge on any atom is -0.313 e. The van der Waals surface area contributed by atoms with E-state index in [4.69, 9.17) is 0 Å². The van der Waals surface area contributed by atoms with Crippen molar-refractivity contribution in [3.8, 4) is 0 Å². The summed E-state index contributed by atoms with van der Waals surface area (Å²) in [6.45, 7) is 1.33. The van der Waals surface area contributed by atoms with Crippen molar-refractivity contribution < 1.29 is 4.39 Å². The summed E-state index contributed by atoms with van der Waals surface area (Å²) in [6, 6.07) is 1.76. The number of piperidine rings is 1. The first-order chi connectivity index (χ1) is 6.22. The first-order valence-electron chi connectivity index (χ1n) is 4.60. The van der Waals surface area contributed by atoms with Gasteiger partial charge in [0.1, 0.15) is 0 Å². The fourth-order valence-corrected chi connectivity index (χ4v) is 1.90. The summed E-state index contributed by atoms with van der Waals surface area (Å²) in [4.78, 5) is 0. The van der Waals surface area contributed by atoms with E-state index in [2.05, 4.69) is 10.4 Å². The summed E-state index contributed by atoms with van der Waals surface area (Å²) < 4.78 is 15.9. The van der Waals surface area contributed by atoms with Crippen LogP contribution in [0.3, 0.4) is 0 Å². The number of halogens is 1. The molecule has 1 aromatic heterocycles. The molecule has 1 unspecified atom stereocenters. The third kappa shape index (κ3) is 1.46. The van der Waals surface area contributed by atoms with Crippen LogP contribution in [-0.2, 0) is 12.7 Å². The van der Waals surface area contributed by atoms with Crippen molar-refractivity contribution >= 4 is 0 Å². The maximum atomic E-state index is 14.3. The van der Waals surface area contributed by atoms with Gasteiger partial charge in [0.05, 0.1) is 5.69 Å². The van der Waals surface area contributed by atoms with Crippen molar-refractivity contribution in [2.45, 2.75) is 18.5 Å². The van der Waals surface area contributed by atoms with Crippen LogP contribution < -0.4 is 5.32 Å². The number of alkyl halides is 1. The zero-order valence-corrected chi connectivity index (χ0v) is 7.76. The molecule has 2 rings (SSSR count). The summed E-state index contributed by atoms with van der Waals surface area (Å²) in [5.74, 6) is 0. The smallest absolute Gasteiger partial charge is 0.164 e. The molecule has 0 aromatic carbocycles. The Morgan fingerprint density at radius 3 is 3.08 bits per heavy atom. The molecule has 0 bridgehead atoms. The number of aromatic nitrogens is 2. The lowest BCUT2D eigenvalue weighted by Gasteiger charge is -2.29. The lowest BCUT2D eigenvalue weighted by atomic mass is 9.93. The van der Waals surface area contributed by atoms with Gasteiger partial charge in [-0.1, -0.05) is 0 Å². The molecular formula is C9H14FN3. The van der Waals surface area contributed by atoms with E-state index >= 15 is 0 Å². The van der Waals surface area contributed by atoms with Crippen molar-refractivity contribution in [2.24, 2.45) is 7.05 Å². The van der Waals surface area contributed by atoms with Gasteiger partial charge < -0.3 is 5.32 Å². The minimum absolute atomic E-state index is 0.409. The Kier molecular flexibility index (Phi) is 2.07. The van der Waals surface area contributed by atoms with Gasteiger partial charge in [-0.05, 0) is 25.5 Å². The monoisotopic (exact) mass is 183 g/mol. The second-order valence-corrected chi connectivity index (χ2v) is 3.59. The van der Waals surface area contributed by atoms with Crippen LogP contribution in [0, 0.1) is 0 Å². The molecule has 1 aliphatic heterocycles. The van der Waals surface area contributed by atoms with Crippen molar-refractivity contribution in [3.05, 3.63) is 18.0 Å². The molecule has 1 aromatic rings. The van der Waals surface area contributed by atoms with Gasteiger partial charge in [0.25, 0.3) is 0 Å². The Labute approximate surface area is 76.9 Å². The molecule has 1 fully saturated rings. The van der Waals surface area contributed by atoms with Crippen LogP contribution in [0.5, 0.6) is 0 Å². The van der Waals surface area contributed by atoms with Crippen LogP contribution in [0.25, 0.3) is 0 Å². The fourth-order valence-electron chi connectivity index (χ4n) is 1.90. The summed E-state index contributed by atoms with van der Waals surface area (Å²) in [5.41, 5.74) is -0.538. The van der Waals surface area contributed by atoms with Gasteiger partial charge in [-0.2, -0.15) is 5.10 Å². The van der Waals surface area contributed by atoms with E-state index in [1.165, 1.54) is 0 Å². The molecule has 13 heavy (non-hydrogen) atoms. The average Bonchev–Trinajstić information content (AvgIpc) is 2.53. The molecule has 0 spiro atoms. The number of aryl methyl sites for hydroxylation is 1. The average molecular weight is 183 g/mol. The zero-order chi connectivity index (χ0) is 9.31. The molecule has 2 heterocycles. The Morgan fingerprint density at radius 1 is 1.69 bits per heavy atom. The number of rotatable bonds is 1. The second-order valence-electron chi connectivity index (χ2n) is 3.59. The first-order valence-corrected chi connectivity index (χ1v) is 4.60. The topological polar surface area (TPSA) is 29.9 Å². The normalized spacial score (nSPS) is 29.1. The molecule has 1 aliphatic rings. The SMILES string of the molecule is Cn1nccc1C1(F)CCCNC1. The van der Waals surface area contributed by atoms with E-state index < -0.39 is 5.67 Å². The van der Waals surface area contributed by atoms with Gasteiger partial charge in [-0.15, -0.1) is 0 Å². The van der Waals surface area contributed by atoms with Gasteiger partial charge >= 0.3 is 0 Å². The predicted molar refractivity (Wildman–Crippen MR) is 48.1 cm³/mol. The number of nitrogens with one attached hydrogen (secondary N) is 1. The van der Waals surface area contributed by atoms with Crippen molar-refractivity contribution in [3.63, 3.8) is 0 Å². The molecule has 72 valence electrons. The first kappa shape index (κ1) is 8.69. The summed E-state index contributed by atoms with van der Waals surface area (Å²) >= 11 is 0. The van der Waals surface area contributed by atoms with E-state index in [0.717, 1.165) is 13.0 Å². The molecule has 3 nitrogen and oxygen atoms in total. The highest BCUT2D eigenvalue weighted by Crippen LogP contribution is 2.31. The van der Waals surface area contributed by atoms with E-state index in [1.807, 2.05) is 0 Å². The van der Waals surface area contributed by atoms with E-state index in [0.29, 0.717) is 18.7 Å². The Hall–Kier alpha value is -0.900. The Morgan fingerprint density at radius 2 is 2.54 bits per heavy atom. The third-order valence-electron chi connectivity index (χ3n) is 2.61. The highest BCUT2D eigenvalue weighted by molar-refractivity contribution is 5.13. The molecule has 0 saturated carbocycles. The molecule has 0 amide bonds. The summed E-state index contributed by atoms with van der Waals surface area (Å²) in [6.07, 6.45) is 3.13. The maximum Gasteiger partial charge on any atom is 0.164 e. The molecule has 0 radical (unpaired) electrons. The summed E-state index contributed by atoms with van der Waals surface area (Å²) in [5, 5.41) is 7.06. The Balaban J connectivity index is 2.27. The highest BCUT2D eigenvalue weighted by Gasteiger charge is 2.35. The molecule has 1 N–H and O–H groups in total. The van der Waals surface area contributed by atoms with Crippen LogP contribution >= 0.6 is 0 Å². The van der Waals surface area contributed by atoms with Gasteiger partial charge in [0, 0.05) is 19.8 Å². The van der Waals surface area contributed by atoms with Crippen molar-refractivity contribution in [2.75, 3.05) is 13.1 Å². The number of hydrogen-bond donors (Lipinski definition) is 1. The van der Waals surface area contributed by atoms with Gasteiger partial charge in [-0.25, -0.2) is 4.39 Å². The number of nitrogens with zero attached hydrogens (tertiary/aromatic N) is 2. The lowest BCUT2D eigenvalue weighted by molar-refractivity contribution is 0.111. The predicted octanol–water partition coefficient (Wildman–Crippen LogP) is 0.968. The molecular weight excluding hydrogens is 169 g/mol. The zero-order valence-electron chi connectivity index (χ0n) is 7.76. The van der Waals surface area contributed by atoms with Crippen LogP contribution in [0.2, 0.25) is 0 Å². The van der Waals surface area contributed by atoms with Crippen LogP contribution in [-0.4, -0.2) is 22.9 Å².